The van der Waals surface area contributed by atoms with Crippen molar-refractivity contribution in [2.45, 2.75) is 103 Å². The Kier molecular flexibility index (Phi) is 12.3. The molecule has 1 aliphatic heterocycles. The van der Waals surface area contributed by atoms with Crippen LogP contribution in [0.15, 0.2) is 0 Å². The Morgan fingerprint density at radius 3 is 2.04 bits per heavy atom. The molecule has 0 spiro atoms. The highest BCUT2D eigenvalue weighted by atomic mass is 28.4. The van der Waals surface area contributed by atoms with Gasteiger partial charge in [0.05, 0.1) is 12.7 Å². The topological polar surface area (TPSA) is 27.7 Å². The highest BCUT2D eigenvalue weighted by Crippen LogP contribution is 2.16. The molecule has 1 aliphatic rings. The molecule has 0 radical (unpaired) electrons. The van der Waals surface area contributed by atoms with E-state index in [1.54, 1.807) is 0 Å². The fraction of sp³-hybridized carbons (Fsp3) is 1.00. The molecule has 138 valence electrons. The van der Waals surface area contributed by atoms with Crippen molar-refractivity contribution in [3.05, 3.63) is 0 Å². The van der Waals surface area contributed by atoms with E-state index in [1.807, 2.05) is 0 Å². The lowest BCUT2D eigenvalue weighted by molar-refractivity contribution is 0.0504. The van der Waals surface area contributed by atoms with Crippen LogP contribution in [0.25, 0.3) is 0 Å². The minimum Gasteiger partial charge on any atom is -0.395 e. The van der Waals surface area contributed by atoms with Crippen molar-refractivity contribution >= 4 is 8.56 Å². The predicted octanol–water partition coefficient (Wildman–Crippen LogP) is 5.82. The molecule has 1 heterocycles. The van der Waals surface area contributed by atoms with Crippen molar-refractivity contribution in [1.29, 1.82) is 0 Å². The van der Waals surface area contributed by atoms with Gasteiger partial charge in [0.25, 0.3) is 0 Å². The maximum atomic E-state index is 6.02. The quantitative estimate of drug-likeness (QED) is 0.277. The number of hydrogen-bond donors (Lipinski definition) is 0. The van der Waals surface area contributed by atoms with Crippen molar-refractivity contribution in [1.82, 2.24) is 0 Å². The van der Waals surface area contributed by atoms with Crippen molar-refractivity contribution in [3.63, 3.8) is 0 Å². The van der Waals surface area contributed by atoms with Gasteiger partial charge >= 0.3 is 8.56 Å². The summed E-state index contributed by atoms with van der Waals surface area (Å²) in [4.78, 5) is 0. The van der Waals surface area contributed by atoms with Crippen molar-refractivity contribution in [2.24, 2.45) is 0 Å². The lowest BCUT2D eigenvalue weighted by Gasteiger charge is -2.24. The van der Waals surface area contributed by atoms with Crippen LogP contribution in [-0.4, -0.2) is 34.5 Å². The second-order valence-corrected chi connectivity index (χ2v) is 10.8. The van der Waals surface area contributed by atoms with E-state index in [9.17, 15) is 0 Å². The van der Waals surface area contributed by atoms with E-state index in [1.165, 1.54) is 70.6 Å². The second kappa shape index (κ2) is 13.4. The van der Waals surface area contributed by atoms with Crippen LogP contribution in [0, 0.1) is 0 Å². The first-order valence-corrected chi connectivity index (χ1v) is 12.9. The van der Waals surface area contributed by atoms with Gasteiger partial charge in [0, 0.05) is 13.2 Å². The molecule has 0 aromatic rings. The highest BCUT2D eigenvalue weighted by Gasteiger charge is 2.27. The smallest absolute Gasteiger partial charge is 0.331 e. The lowest BCUT2D eigenvalue weighted by atomic mass is 10.1. The molecule has 3 nitrogen and oxygen atoms in total. The summed E-state index contributed by atoms with van der Waals surface area (Å²) in [5.74, 6) is 0. The number of rotatable bonds is 15. The molecule has 0 N–H and O–H groups in total. The third kappa shape index (κ3) is 12.2. The monoisotopic (exact) mass is 344 g/mol. The van der Waals surface area contributed by atoms with Crippen LogP contribution >= 0.6 is 0 Å². The fourth-order valence-electron chi connectivity index (χ4n) is 3.02. The summed E-state index contributed by atoms with van der Waals surface area (Å²) in [6.45, 7) is 9.06. The van der Waals surface area contributed by atoms with Crippen LogP contribution in [0.5, 0.6) is 0 Å². The van der Waals surface area contributed by atoms with Gasteiger partial charge in [0.2, 0.25) is 0 Å². The molecular weight excluding hydrogens is 304 g/mol. The Balaban J connectivity index is 1.85. The van der Waals surface area contributed by atoms with Crippen molar-refractivity contribution in [3.8, 4) is 0 Å². The van der Waals surface area contributed by atoms with E-state index in [2.05, 4.69) is 20.0 Å². The molecule has 1 saturated heterocycles. The molecule has 1 atom stereocenters. The number of hydrogen-bond acceptors (Lipinski definition) is 3. The SMILES string of the molecule is CCCCCCCCCCCCO[Si](C)(C)OCC1CCCO1. The molecule has 0 saturated carbocycles. The standard InChI is InChI=1S/C19H40O3Si/c1-4-5-6-7-8-9-10-11-12-13-17-21-23(2,3)22-18-19-15-14-16-20-19/h19H,4-18H2,1-3H3. The Hall–Kier alpha value is 0.0969. The Morgan fingerprint density at radius 1 is 0.870 bits per heavy atom. The zero-order valence-electron chi connectivity index (χ0n) is 15.9. The van der Waals surface area contributed by atoms with Gasteiger partial charge in [-0.25, -0.2) is 0 Å². The van der Waals surface area contributed by atoms with E-state index in [-0.39, 0.29) is 0 Å². The molecule has 0 aromatic carbocycles. The molecule has 1 unspecified atom stereocenters. The average molecular weight is 345 g/mol. The van der Waals surface area contributed by atoms with Gasteiger partial charge in [-0.05, 0) is 32.4 Å². The van der Waals surface area contributed by atoms with E-state index in [4.69, 9.17) is 13.6 Å². The molecule has 0 aromatic heterocycles. The van der Waals surface area contributed by atoms with Gasteiger partial charge in [-0.2, -0.15) is 0 Å². The molecule has 0 aliphatic carbocycles. The first kappa shape index (κ1) is 21.1. The maximum Gasteiger partial charge on any atom is 0.331 e. The van der Waals surface area contributed by atoms with Crippen LogP contribution in [0.2, 0.25) is 13.1 Å². The van der Waals surface area contributed by atoms with Crippen molar-refractivity contribution in [2.75, 3.05) is 19.8 Å². The van der Waals surface area contributed by atoms with Crippen LogP contribution in [0.1, 0.15) is 84.0 Å². The lowest BCUT2D eigenvalue weighted by Crippen LogP contribution is -2.37. The Labute approximate surface area is 145 Å². The minimum atomic E-state index is -1.94. The summed E-state index contributed by atoms with van der Waals surface area (Å²) >= 11 is 0. The summed E-state index contributed by atoms with van der Waals surface area (Å²) in [5.41, 5.74) is 0. The van der Waals surface area contributed by atoms with Gasteiger partial charge in [-0.3, -0.25) is 0 Å². The molecular formula is C19H40O3Si. The number of unbranched alkanes of at least 4 members (excludes halogenated alkanes) is 9. The van der Waals surface area contributed by atoms with Gasteiger partial charge in [-0.15, -0.1) is 0 Å². The highest BCUT2D eigenvalue weighted by molar-refractivity contribution is 6.64. The van der Waals surface area contributed by atoms with Gasteiger partial charge in [-0.1, -0.05) is 64.7 Å². The largest absolute Gasteiger partial charge is 0.395 e. The maximum absolute atomic E-state index is 6.02. The fourth-order valence-corrected chi connectivity index (χ4v) is 4.33. The van der Waals surface area contributed by atoms with Crippen LogP contribution in [-0.2, 0) is 13.6 Å². The normalized spacial score (nSPS) is 18.7. The summed E-state index contributed by atoms with van der Waals surface area (Å²) < 4.78 is 17.6. The average Bonchev–Trinajstić information content (AvgIpc) is 3.04. The molecule has 4 heteroatoms. The molecule has 23 heavy (non-hydrogen) atoms. The zero-order chi connectivity index (χ0) is 16.8. The van der Waals surface area contributed by atoms with Gasteiger partial charge in [0.1, 0.15) is 0 Å². The minimum absolute atomic E-state index is 0.308. The van der Waals surface area contributed by atoms with Crippen LogP contribution < -0.4 is 0 Å². The molecule has 1 rings (SSSR count). The predicted molar refractivity (Wildman–Crippen MR) is 100 cm³/mol. The van der Waals surface area contributed by atoms with Crippen LogP contribution in [0.3, 0.4) is 0 Å². The van der Waals surface area contributed by atoms with E-state index >= 15 is 0 Å². The summed E-state index contributed by atoms with van der Waals surface area (Å²) in [6, 6.07) is 0. The van der Waals surface area contributed by atoms with E-state index in [0.29, 0.717) is 6.10 Å². The van der Waals surface area contributed by atoms with Gasteiger partial charge in [0.15, 0.2) is 0 Å². The molecule has 0 bridgehead atoms. The van der Waals surface area contributed by atoms with Crippen molar-refractivity contribution < 1.29 is 13.6 Å². The first-order valence-electron chi connectivity index (χ1n) is 10.0. The Morgan fingerprint density at radius 2 is 1.48 bits per heavy atom. The molecule has 1 fully saturated rings. The number of ether oxygens (including phenoxy) is 1. The van der Waals surface area contributed by atoms with Gasteiger partial charge < -0.3 is 13.6 Å². The van der Waals surface area contributed by atoms with E-state index in [0.717, 1.165) is 26.2 Å². The summed E-state index contributed by atoms with van der Waals surface area (Å²) in [6.07, 6.45) is 16.3. The first-order chi connectivity index (χ1) is 11.1. The second-order valence-electron chi connectivity index (χ2n) is 7.38. The third-order valence-corrected chi connectivity index (χ3v) is 6.35. The van der Waals surface area contributed by atoms with Crippen LogP contribution in [0.4, 0.5) is 0 Å². The zero-order valence-corrected chi connectivity index (χ0v) is 16.9. The Bertz CT molecular complexity index is 265. The third-order valence-electron chi connectivity index (χ3n) is 4.59. The summed E-state index contributed by atoms with van der Waals surface area (Å²) in [5, 5.41) is 0. The summed E-state index contributed by atoms with van der Waals surface area (Å²) in [7, 11) is -1.94. The van der Waals surface area contributed by atoms with E-state index < -0.39 is 8.56 Å². The molecule has 0 amide bonds.